The summed E-state index contributed by atoms with van der Waals surface area (Å²) in [4.78, 5) is 10.9. The average molecular weight is 262 g/mol. The summed E-state index contributed by atoms with van der Waals surface area (Å²) in [5.41, 5.74) is 15.1. The molecule has 0 saturated carbocycles. The quantitative estimate of drug-likeness (QED) is 0.826. The molecule has 0 heterocycles. The fourth-order valence-electron chi connectivity index (χ4n) is 2.24. The molecule has 1 atom stereocenters. The molecule has 0 aromatic heterocycles. The van der Waals surface area contributed by atoms with Gasteiger partial charge < -0.3 is 11.5 Å². The molecule has 1 rings (SSSR count). The van der Waals surface area contributed by atoms with Crippen LogP contribution in [0.3, 0.4) is 0 Å². The van der Waals surface area contributed by atoms with E-state index in [-0.39, 0.29) is 11.9 Å². The number of carbonyl (C=O) groups is 1. The second kappa shape index (κ2) is 6.71. The number of hydrogen-bond donors (Lipinski definition) is 2. The van der Waals surface area contributed by atoms with E-state index in [9.17, 15) is 4.79 Å². The number of amides is 1. The van der Waals surface area contributed by atoms with Gasteiger partial charge in [-0.25, -0.2) is 0 Å². The third-order valence-corrected chi connectivity index (χ3v) is 3.50. The van der Waals surface area contributed by atoms with Gasteiger partial charge in [-0.15, -0.1) is 0 Å². The van der Waals surface area contributed by atoms with Crippen molar-refractivity contribution in [2.45, 2.75) is 58.4 Å². The van der Waals surface area contributed by atoms with E-state index < -0.39 is 0 Å². The highest BCUT2D eigenvalue weighted by atomic mass is 16.1. The predicted octanol–water partition coefficient (Wildman–Crippen LogP) is 3.20. The van der Waals surface area contributed by atoms with Gasteiger partial charge in [0, 0.05) is 12.5 Å². The third-order valence-electron chi connectivity index (χ3n) is 3.50. The van der Waals surface area contributed by atoms with E-state index in [1.54, 1.807) is 0 Å². The molecule has 0 radical (unpaired) electrons. The van der Waals surface area contributed by atoms with Gasteiger partial charge in [0.1, 0.15) is 0 Å². The number of rotatable bonds is 6. The second-order valence-corrected chi connectivity index (χ2v) is 5.81. The normalized spacial score (nSPS) is 13.0. The molecule has 0 aliphatic carbocycles. The summed E-state index contributed by atoms with van der Waals surface area (Å²) in [6, 6.07) is 6.37. The molecule has 4 N–H and O–H groups in total. The first kappa shape index (κ1) is 15.7. The summed E-state index contributed by atoms with van der Waals surface area (Å²) in [6.45, 7) is 8.71. The van der Waals surface area contributed by atoms with Crippen molar-refractivity contribution in [3.8, 4) is 0 Å². The molecular formula is C16H26N2O. The molecule has 1 unspecified atom stereocenters. The fourth-order valence-corrected chi connectivity index (χ4v) is 2.24. The Bertz CT molecular complexity index is 438. The van der Waals surface area contributed by atoms with Crippen LogP contribution < -0.4 is 11.5 Å². The van der Waals surface area contributed by atoms with Gasteiger partial charge in [0.2, 0.25) is 5.91 Å². The van der Waals surface area contributed by atoms with Crippen molar-refractivity contribution in [3.05, 3.63) is 34.9 Å². The largest absolute Gasteiger partial charge is 0.370 e. The molecular weight excluding hydrogens is 236 g/mol. The SMILES string of the molecule is CC(C)c1ccc(C(N)CCC(N)=O)c(C(C)C)c1. The van der Waals surface area contributed by atoms with Crippen molar-refractivity contribution in [1.82, 2.24) is 0 Å². The van der Waals surface area contributed by atoms with Gasteiger partial charge in [0.25, 0.3) is 0 Å². The highest BCUT2D eigenvalue weighted by Crippen LogP contribution is 2.29. The van der Waals surface area contributed by atoms with E-state index in [1.807, 2.05) is 0 Å². The summed E-state index contributed by atoms with van der Waals surface area (Å²) in [5.74, 6) is 0.641. The Morgan fingerprint density at radius 1 is 1.11 bits per heavy atom. The van der Waals surface area contributed by atoms with Crippen LogP contribution in [0.4, 0.5) is 0 Å². The topological polar surface area (TPSA) is 69.1 Å². The lowest BCUT2D eigenvalue weighted by Crippen LogP contribution is -2.18. The molecule has 19 heavy (non-hydrogen) atoms. The van der Waals surface area contributed by atoms with E-state index in [1.165, 1.54) is 11.1 Å². The van der Waals surface area contributed by atoms with Gasteiger partial charge in [-0.1, -0.05) is 45.9 Å². The van der Waals surface area contributed by atoms with Crippen molar-refractivity contribution in [1.29, 1.82) is 0 Å². The van der Waals surface area contributed by atoms with Crippen molar-refractivity contribution >= 4 is 5.91 Å². The lowest BCUT2D eigenvalue weighted by molar-refractivity contribution is -0.118. The summed E-state index contributed by atoms with van der Waals surface area (Å²) in [7, 11) is 0. The molecule has 1 amide bonds. The number of nitrogens with two attached hydrogens (primary N) is 2. The van der Waals surface area contributed by atoms with E-state index in [2.05, 4.69) is 45.9 Å². The van der Waals surface area contributed by atoms with Crippen molar-refractivity contribution in [2.75, 3.05) is 0 Å². The lowest BCUT2D eigenvalue weighted by Gasteiger charge is -2.20. The Morgan fingerprint density at radius 2 is 1.74 bits per heavy atom. The Balaban J connectivity index is 3.02. The maximum Gasteiger partial charge on any atom is 0.217 e. The van der Waals surface area contributed by atoms with Gasteiger partial charge in [-0.2, -0.15) is 0 Å². The fraction of sp³-hybridized carbons (Fsp3) is 0.562. The first-order valence-corrected chi connectivity index (χ1v) is 7.00. The molecule has 1 aromatic carbocycles. The Labute approximate surface area is 116 Å². The Morgan fingerprint density at radius 3 is 2.21 bits per heavy atom. The number of benzene rings is 1. The van der Waals surface area contributed by atoms with E-state index in [4.69, 9.17) is 11.5 Å². The minimum atomic E-state index is -0.291. The molecule has 3 heteroatoms. The first-order valence-electron chi connectivity index (χ1n) is 7.00. The minimum absolute atomic E-state index is 0.119. The Hall–Kier alpha value is -1.35. The van der Waals surface area contributed by atoms with Gasteiger partial charge in [-0.3, -0.25) is 4.79 Å². The van der Waals surface area contributed by atoms with Crippen LogP contribution in [0.15, 0.2) is 18.2 Å². The standard InChI is InChI=1S/C16H26N2O/c1-10(2)12-5-6-13(14(9-12)11(3)4)15(17)7-8-16(18)19/h5-6,9-11,15H,7-8,17H2,1-4H3,(H2,18,19). The molecule has 3 nitrogen and oxygen atoms in total. The molecule has 0 spiro atoms. The van der Waals surface area contributed by atoms with Crippen molar-refractivity contribution < 1.29 is 4.79 Å². The molecule has 0 aliphatic heterocycles. The summed E-state index contributed by atoms with van der Waals surface area (Å²) < 4.78 is 0. The van der Waals surface area contributed by atoms with Crippen LogP contribution >= 0.6 is 0 Å². The maximum atomic E-state index is 10.9. The smallest absolute Gasteiger partial charge is 0.217 e. The van der Waals surface area contributed by atoms with Crippen molar-refractivity contribution in [3.63, 3.8) is 0 Å². The number of carbonyl (C=O) groups excluding carboxylic acids is 1. The van der Waals surface area contributed by atoms with Gasteiger partial charge in [0.15, 0.2) is 0 Å². The van der Waals surface area contributed by atoms with Crippen LogP contribution in [0.2, 0.25) is 0 Å². The van der Waals surface area contributed by atoms with Crippen LogP contribution in [0.1, 0.15) is 75.1 Å². The number of hydrogen-bond acceptors (Lipinski definition) is 2. The van der Waals surface area contributed by atoms with Gasteiger partial charge in [0.05, 0.1) is 0 Å². The zero-order valence-electron chi connectivity index (χ0n) is 12.4. The number of primary amides is 1. The molecule has 106 valence electrons. The lowest BCUT2D eigenvalue weighted by atomic mass is 9.87. The van der Waals surface area contributed by atoms with Crippen LogP contribution in [0.25, 0.3) is 0 Å². The van der Waals surface area contributed by atoms with E-state index in [0.29, 0.717) is 24.7 Å². The van der Waals surface area contributed by atoms with Gasteiger partial charge >= 0.3 is 0 Å². The highest BCUT2D eigenvalue weighted by molar-refractivity contribution is 5.73. The van der Waals surface area contributed by atoms with Crippen LogP contribution in [-0.4, -0.2) is 5.91 Å². The predicted molar refractivity (Wildman–Crippen MR) is 80.0 cm³/mol. The van der Waals surface area contributed by atoms with E-state index >= 15 is 0 Å². The Kier molecular flexibility index (Phi) is 5.55. The van der Waals surface area contributed by atoms with Gasteiger partial charge in [-0.05, 0) is 34.9 Å². The first-order chi connectivity index (χ1) is 8.82. The van der Waals surface area contributed by atoms with Crippen LogP contribution in [0.5, 0.6) is 0 Å². The second-order valence-electron chi connectivity index (χ2n) is 5.81. The molecule has 1 aromatic rings. The van der Waals surface area contributed by atoms with Crippen LogP contribution in [-0.2, 0) is 4.79 Å². The summed E-state index contributed by atoms with van der Waals surface area (Å²) in [5, 5.41) is 0. The van der Waals surface area contributed by atoms with E-state index in [0.717, 1.165) is 5.56 Å². The highest BCUT2D eigenvalue weighted by Gasteiger charge is 2.15. The summed E-state index contributed by atoms with van der Waals surface area (Å²) in [6.07, 6.45) is 0.945. The zero-order valence-corrected chi connectivity index (χ0v) is 12.4. The molecule has 0 bridgehead atoms. The third kappa shape index (κ3) is 4.35. The molecule has 0 saturated heterocycles. The molecule has 0 aliphatic rings. The maximum absolute atomic E-state index is 10.9. The molecule has 0 fully saturated rings. The monoisotopic (exact) mass is 262 g/mol. The summed E-state index contributed by atoms with van der Waals surface area (Å²) >= 11 is 0. The van der Waals surface area contributed by atoms with Crippen LogP contribution in [0, 0.1) is 0 Å². The van der Waals surface area contributed by atoms with Crippen molar-refractivity contribution in [2.24, 2.45) is 11.5 Å². The average Bonchev–Trinajstić information content (AvgIpc) is 2.34. The zero-order chi connectivity index (χ0) is 14.6. The minimum Gasteiger partial charge on any atom is -0.370 e.